The van der Waals surface area contributed by atoms with Crippen molar-refractivity contribution in [2.24, 2.45) is 0 Å². The average Bonchev–Trinajstić information content (AvgIpc) is 2.48. The van der Waals surface area contributed by atoms with Crippen LogP contribution in [0.3, 0.4) is 0 Å². The first kappa shape index (κ1) is 14.8. The molecule has 1 aliphatic heterocycles. The Hall–Kier alpha value is -1.16. The topological polar surface area (TPSA) is 15.3 Å². The van der Waals surface area contributed by atoms with Crippen molar-refractivity contribution in [3.05, 3.63) is 29.3 Å². The zero-order chi connectivity index (χ0) is 15.0. The number of piperazine rings is 1. The summed E-state index contributed by atoms with van der Waals surface area (Å²) < 4.78 is 28.7. The van der Waals surface area contributed by atoms with Crippen molar-refractivity contribution in [2.45, 2.75) is 57.5 Å². The summed E-state index contributed by atoms with van der Waals surface area (Å²) in [4.78, 5) is 1.94. The molecule has 4 heteroatoms. The van der Waals surface area contributed by atoms with Gasteiger partial charge in [-0.1, -0.05) is 25.3 Å². The van der Waals surface area contributed by atoms with Gasteiger partial charge in [-0.2, -0.15) is 0 Å². The standard InChI is InChI=1S/C17H24F2N2/c1-12-6-7-14(18)16(15(12)19)21-11-17(20-10-13(21)2)8-4-3-5-9-17/h6-7,13,20H,3-5,8-11H2,1-2H3. The Labute approximate surface area is 125 Å². The largest absolute Gasteiger partial charge is 0.361 e. The molecule has 3 rings (SSSR count). The summed E-state index contributed by atoms with van der Waals surface area (Å²) in [5.41, 5.74) is 0.705. The van der Waals surface area contributed by atoms with E-state index in [0.29, 0.717) is 12.1 Å². The van der Waals surface area contributed by atoms with Crippen LogP contribution in [0.5, 0.6) is 0 Å². The van der Waals surface area contributed by atoms with Crippen molar-refractivity contribution in [1.82, 2.24) is 5.32 Å². The Morgan fingerprint density at radius 2 is 1.90 bits per heavy atom. The molecule has 116 valence electrons. The lowest BCUT2D eigenvalue weighted by Gasteiger charge is -2.50. The van der Waals surface area contributed by atoms with Crippen LogP contribution in [0.2, 0.25) is 0 Å². The second-order valence-electron chi connectivity index (χ2n) is 6.73. The van der Waals surface area contributed by atoms with Crippen LogP contribution in [0, 0.1) is 18.6 Å². The Morgan fingerprint density at radius 3 is 2.62 bits per heavy atom. The van der Waals surface area contributed by atoms with Crippen molar-refractivity contribution in [3.8, 4) is 0 Å². The lowest BCUT2D eigenvalue weighted by Crippen LogP contribution is -2.64. The van der Waals surface area contributed by atoms with Gasteiger partial charge in [0, 0.05) is 24.7 Å². The second-order valence-corrected chi connectivity index (χ2v) is 6.73. The average molecular weight is 294 g/mol. The molecule has 1 spiro atoms. The molecule has 0 aromatic heterocycles. The minimum atomic E-state index is -0.446. The summed E-state index contributed by atoms with van der Waals surface area (Å²) in [5.74, 6) is -0.854. The first-order chi connectivity index (χ1) is 10.0. The fourth-order valence-corrected chi connectivity index (χ4v) is 3.78. The van der Waals surface area contributed by atoms with Crippen molar-refractivity contribution in [3.63, 3.8) is 0 Å². The number of aryl methyl sites for hydroxylation is 1. The number of halogens is 2. The molecule has 0 amide bonds. The van der Waals surface area contributed by atoms with Crippen LogP contribution in [0.1, 0.15) is 44.6 Å². The summed E-state index contributed by atoms with van der Waals surface area (Å²) >= 11 is 0. The second kappa shape index (κ2) is 5.56. The molecule has 1 N–H and O–H groups in total. The van der Waals surface area contributed by atoms with Crippen LogP contribution < -0.4 is 10.2 Å². The molecule has 1 saturated heterocycles. The fourth-order valence-electron chi connectivity index (χ4n) is 3.78. The van der Waals surface area contributed by atoms with Crippen molar-refractivity contribution in [1.29, 1.82) is 0 Å². The van der Waals surface area contributed by atoms with Gasteiger partial charge >= 0.3 is 0 Å². The molecule has 1 heterocycles. The van der Waals surface area contributed by atoms with Crippen LogP contribution in [0.15, 0.2) is 12.1 Å². The number of nitrogens with zero attached hydrogens (tertiary/aromatic N) is 1. The highest BCUT2D eigenvalue weighted by atomic mass is 19.1. The maximum absolute atomic E-state index is 14.5. The van der Waals surface area contributed by atoms with Gasteiger partial charge in [0.1, 0.15) is 11.5 Å². The molecule has 0 bridgehead atoms. The molecule has 1 saturated carbocycles. The lowest BCUT2D eigenvalue weighted by atomic mass is 9.79. The smallest absolute Gasteiger partial charge is 0.152 e. The fraction of sp³-hybridized carbons (Fsp3) is 0.647. The van der Waals surface area contributed by atoms with Gasteiger partial charge in [0.15, 0.2) is 5.82 Å². The van der Waals surface area contributed by atoms with E-state index >= 15 is 0 Å². The highest BCUT2D eigenvalue weighted by molar-refractivity contribution is 5.53. The third-order valence-electron chi connectivity index (χ3n) is 5.14. The first-order valence-electron chi connectivity index (χ1n) is 7.99. The summed E-state index contributed by atoms with van der Waals surface area (Å²) in [6.07, 6.45) is 5.88. The van der Waals surface area contributed by atoms with E-state index in [0.717, 1.165) is 19.4 Å². The number of rotatable bonds is 1. The molecule has 1 unspecified atom stereocenters. The van der Waals surface area contributed by atoms with Gasteiger partial charge in [0.2, 0.25) is 0 Å². The molecule has 1 aromatic carbocycles. The van der Waals surface area contributed by atoms with E-state index in [2.05, 4.69) is 5.32 Å². The minimum Gasteiger partial charge on any atom is -0.361 e. The van der Waals surface area contributed by atoms with E-state index in [1.807, 2.05) is 11.8 Å². The highest BCUT2D eigenvalue weighted by Gasteiger charge is 2.40. The van der Waals surface area contributed by atoms with Gasteiger partial charge in [-0.3, -0.25) is 0 Å². The minimum absolute atomic E-state index is 0.0351. The van der Waals surface area contributed by atoms with Gasteiger partial charge in [-0.15, -0.1) is 0 Å². The zero-order valence-corrected chi connectivity index (χ0v) is 12.9. The molecule has 2 aliphatic rings. The number of hydrogen-bond donors (Lipinski definition) is 1. The zero-order valence-electron chi connectivity index (χ0n) is 12.9. The normalized spacial score (nSPS) is 25.3. The van der Waals surface area contributed by atoms with E-state index in [9.17, 15) is 8.78 Å². The third kappa shape index (κ3) is 2.66. The monoisotopic (exact) mass is 294 g/mol. The van der Waals surface area contributed by atoms with Gasteiger partial charge in [0.25, 0.3) is 0 Å². The van der Waals surface area contributed by atoms with Crippen molar-refractivity contribution < 1.29 is 8.78 Å². The molecule has 1 aliphatic carbocycles. The van der Waals surface area contributed by atoms with Gasteiger partial charge in [-0.25, -0.2) is 8.78 Å². The molecule has 0 radical (unpaired) electrons. The summed E-state index contributed by atoms with van der Waals surface area (Å²) in [7, 11) is 0. The SMILES string of the molecule is Cc1ccc(F)c(N2CC3(CCCCC3)NCC2C)c1F. The third-order valence-corrected chi connectivity index (χ3v) is 5.14. The van der Waals surface area contributed by atoms with Crippen LogP contribution in [0.4, 0.5) is 14.5 Å². The predicted octanol–water partition coefficient (Wildman–Crippen LogP) is 3.77. The summed E-state index contributed by atoms with van der Waals surface area (Å²) in [5, 5.41) is 3.65. The molecular formula is C17H24F2N2. The van der Waals surface area contributed by atoms with Crippen molar-refractivity contribution >= 4 is 5.69 Å². The summed E-state index contributed by atoms with van der Waals surface area (Å²) in [6.45, 7) is 5.21. The van der Waals surface area contributed by atoms with Gasteiger partial charge in [0.05, 0.1) is 0 Å². The maximum atomic E-state index is 14.5. The number of hydrogen-bond acceptors (Lipinski definition) is 2. The molecular weight excluding hydrogens is 270 g/mol. The number of nitrogens with one attached hydrogen (secondary N) is 1. The van der Waals surface area contributed by atoms with E-state index in [-0.39, 0.29) is 17.3 Å². The Balaban J connectivity index is 1.94. The van der Waals surface area contributed by atoms with Crippen LogP contribution >= 0.6 is 0 Å². The summed E-state index contributed by atoms with van der Waals surface area (Å²) in [6, 6.07) is 3.00. The Kier molecular flexibility index (Phi) is 3.91. The van der Waals surface area contributed by atoms with Gasteiger partial charge in [-0.05, 0) is 38.3 Å². The predicted molar refractivity (Wildman–Crippen MR) is 81.7 cm³/mol. The van der Waals surface area contributed by atoms with Crippen LogP contribution in [-0.2, 0) is 0 Å². The quantitative estimate of drug-likeness (QED) is 0.848. The Morgan fingerprint density at radius 1 is 1.19 bits per heavy atom. The van der Waals surface area contributed by atoms with Gasteiger partial charge < -0.3 is 10.2 Å². The molecule has 21 heavy (non-hydrogen) atoms. The first-order valence-corrected chi connectivity index (χ1v) is 7.99. The molecule has 1 atom stereocenters. The van der Waals surface area contributed by atoms with Crippen LogP contribution in [0.25, 0.3) is 0 Å². The van der Waals surface area contributed by atoms with E-state index in [4.69, 9.17) is 0 Å². The molecule has 2 fully saturated rings. The van der Waals surface area contributed by atoms with Crippen molar-refractivity contribution in [2.75, 3.05) is 18.0 Å². The van der Waals surface area contributed by atoms with E-state index < -0.39 is 11.6 Å². The number of anilines is 1. The van der Waals surface area contributed by atoms with E-state index in [1.165, 1.54) is 31.4 Å². The highest BCUT2D eigenvalue weighted by Crippen LogP contribution is 2.36. The Bertz CT molecular complexity index is 524. The number of benzene rings is 1. The van der Waals surface area contributed by atoms with E-state index in [1.54, 1.807) is 6.92 Å². The lowest BCUT2D eigenvalue weighted by molar-refractivity contribution is 0.199. The molecule has 2 nitrogen and oxygen atoms in total. The molecule has 1 aromatic rings. The van der Waals surface area contributed by atoms with Crippen LogP contribution in [-0.4, -0.2) is 24.7 Å². The maximum Gasteiger partial charge on any atom is 0.152 e.